The first kappa shape index (κ1) is 22.5. The second-order valence-corrected chi connectivity index (χ2v) is 8.40. The molecule has 9 nitrogen and oxygen atoms in total. The monoisotopic (exact) mass is 455 g/mol. The van der Waals surface area contributed by atoms with Gasteiger partial charge in [-0.05, 0) is 31.5 Å². The number of halogens is 3. The summed E-state index contributed by atoms with van der Waals surface area (Å²) in [5.41, 5.74) is 2.27. The van der Waals surface area contributed by atoms with Crippen LogP contribution in [0.5, 0.6) is 0 Å². The van der Waals surface area contributed by atoms with Crippen LogP contribution >= 0.6 is 0 Å². The first-order valence-corrected chi connectivity index (χ1v) is 10.5. The van der Waals surface area contributed by atoms with Crippen molar-refractivity contribution in [3.05, 3.63) is 53.5 Å². The van der Waals surface area contributed by atoms with Crippen molar-refractivity contribution in [3.63, 3.8) is 0 Å². The predicted molar refractivity (Wildman–Crippen MR) is 108 cm³/mol. The molecule has 0 amide bonds. The zero-order valence-electron chi connectivity index (χ0n) is 16.6. The van der Waals surface area contributed by atoms with Crippen molar-refractivity contribution < 1.29 is 21.6 Å². The molecule has 3 aromatic rings. The standard InChI is InChI=1S/C18H20F3N7O2S/c1-11-7-24-17(25-15-9-28(27-12(15)2)10-18(19,20)21)26-16(11)23-8-13-3-5-14(6-4-13)31(22,29)30/h3-7,9H,8,10H2,1-2H3,(H2,22,29,30)(H2,23,24,25,26). The first-order valence-electron chi connectivity index (χ1n) is 8.98. The van der Waals surface area contributed by atoms with E-state index in [-0.39, 0.29) is 10.8 Å². The molecule has 2 heterocycles. The van der Waals surface area contributed by atoms with E-state index >= 15 is 0 Å². The quantitative estimate of drug-likeness (QED) is 0.500. The molecule has 0 radical (unpaired) electrons. The van der Waals surface area contributed by atoms with E-state index in [9.17, 15) is 21.6 Å². The number of nitrogens with two attached hydrogens (primary N) is 1. The van der Waals surface area contributed by atoms with E-state index < -0.39 is 22.7 Å². The van der Waals surface area contributed by atoms with Gasteiger partial charge in [-0.3, -0.25) is 4.68 Å². The number of aromatic nitrogens is 4. The van der Waals surface area contributed by atoms with E-state index in [1.807, 2.05) is 0 Å². The molecule has 4 N–H and O–H groups in total. The molecular weight excluding hydrogens is 435 g/mol. The third kappa shape index (κ3) is 6.15. The summed E-state index contributed by atoms with van der Waals surface area (Å²) in [5, 5.41) is 14.9. The highest BCUT2D eigenvalue weighted by Gasteiger charge is 2.28. The van der Waals surface area contributed by atoms with Gasteiger partial charge in [-0.1, -0.05) is 12.1 Å². The van der Waals surface area contributed by atoms with Crippen molar-refractivity contribution in [2.45, 2.75) is 38.0 Å². The lowest BCUT2D eigenvalue weighted by molar-refractivity contribution is -0.142. The summed E-state index contributed by atoms with van der Waals surface area (Å²) >= 11 is 0. The van der Waals surface area contributed by atoms with E-state index in [2.05, 4.69) is 25.7 Å². The van der Waals surface area contributed by atoms with Gasteiger partial charge in [0.25, 0.3) is 0 Å². The van der Waals surface area contributed by atoms with Gasteiger partial charge in [-0.25, -0.2) is 18.5 Å². The molecule has 0 saturated heterocycles. The average Bonchev–Trinajstić information content (AvgIpc) is 2.98. The van der Waals surface area contributed by atoms with Crippen molar-refractivity contribution in [2.24, 2.45) is 5.14 Å². The highest BCUT2D eigenvalue weighted by atomic mass is 32.2. The largest absolute Gasteiger partial charge is 0.408 e. The van der Waals surface area contributed by atoms with E-state index in [1.165, 1.54) is 18.3 Å². The number of nitrogens with one attached hydrogen (secondary N) is 2. The molecule has 2 aromatic heterocycles. The molecule has 0 atom stereocenters. The minimum Gasteiger partial charge on any atom is -0.366 e. The van der Waals surface area contributed by atoms with Gasteiger partial charge in [-0.15, -0.1) is 0 Å². The topological polar surface area (TPSA) is 128 Å². The highest BCUT2D eigenvalue weighted by Crippen LogP contribution is 2.23. The lowest BCUT2D eigenvalue weighted by atomic mass is 10.2. The van der Waals surface area contributed by atoms with Crippen molar-refractivity contribution in [3.8, 4) is 0 Å². The third-order valence-corrected chi connectivity index (χ3v) is 5.15. The fourth-order valence-electron chi connectivity index (χ4n) is 2.69. The summed E-state index contributed by atoms with van der Waals surface area (Å²) in [6.45, 7) is 2.53. The number of anilines is 3. The SMILES string of the molecule is Cc1cnc(Nc2cn(CC(F)(F)F)nc2C)nc1NCc1ccc(S(N)(=O)=O)cc1. The normalized spacial score (nSPS) is 12.1. The van der Waals surface area contributed by atoms with Gasteiger partial charge in [0.1, 0.15) is 12.4 Å². The van der Waals surface area contributed by atoms with E-state index in [1.54, 1.807) is 32.2 Å². The first-order chi connectivity index (χ1) is 14.4. The van der Waals surface area contributed by atoms with Crippen LogP contribution in [0.15, 0.2) is 41.6 Å². The Kier molecular flexibility index (Phi) is 6.18. The van der Waals surface area contributed by atoms with Crippen LogP contribution in [-0.2, 0) is 23.1 Å². The lowest BCUT2D eigenvalue weighted by Crippen LogP contribution is -2.17. The summed E-state index contributed by atoms with van der Waals surface area (Å²) in [6, 6.07) is 6.07. The molecule has 0 fully saturated rings. The Labute approximate surface area is 176 Å². The van der Waals surface area contributed by atoms with Crippen molar-refractivity contribution in [1.82, 2.24) is 19.7 Å². The number of aryl methyl sites for hydroxylation is 2. The summed E-state index contributed by atoms with van der Waals surface area (Å²) in [4.78, 5) is 8.52. The molecule has 0 spiro atoms. The van der Waals surface area contributed by atoms with Gasteiger partial charge in [0.2, 0.25) is 16.0 Å². The molecule has 3 rings (SSSR count). The van der Waals surface area contributed by atoms with Crippen LogP contribution in [0.4, 0.5) is 30.6 Å². The van der Waals surface area contributed by atoms with Crippen LogP contribution in [0.25, 0.3) is 0 Å². The van der Waals surface area contributed by atoms with Crippen molar-refractivity contribution in [1.29, 1.82) is 0 Å². The predicted octanol–water partition coefficient (Wildman–Crippen LogP) is 2.86. The highest BCUT2D eigenvalue weighted by molar-refractivity contribution is 7.89. The lowest BCUT2D eigenvalue weighted by Gasteiger charge is -2.11. The molecule has 0 aliphatic heterocycles. The number of nitrogens with zero attached hydrogens (tertiary/aromatic N) is 4. The van der Waals surface area contributed by atoms with Crippen LogP contribution in [0.1, 0.15) is 16.8 Å². The fourth-order valence-corrected chi connectivity index (χ4v) is 3.21. The Hall–Kier alpha value is -3.19. The number of hydrogen-bond acceptors (Lipinski definition) is 7. The maximum atomic E-state index is 12.6. The van der Waals surface area contributed by atoms with Gasteiger partial charge < -0.3 is 10.6 Å². The minimum atomic E-state index is -4.38. The number of hydrogen-bond donors (Lipinski definition) is 3. The Bertz CT molecular complexity index is 1180. The van der Waals surface area contributed by atoms with Crippen molar-refractivity contribution >= 4 is 27.5 Å². The molecule has 1 aromatic carbocycles. The fraction of sp³-hybridized carbons (Fsp3) is 0.278. The average molecular weight is 455 g/mol. The van der Waals surface area contributed by atoms with E-state index in [0.717, 1.165) is 15.8 Å². The Morgan fingerprint density at radius 2 is 1.84 bits per heavy atom. The number of sulfonamides is 1. The molecule has 0 bridgehead atoms. The van der Waals surface area contributed by atoms with Crippen LogP contribution in [0.2, 0.25) is 0 Å². The maximum absolute atomic E-state index is 12.6. The van der Waals surface area contributed by atoms with Crippen LogP contribution in [0, 0.1) is 13.8 Å². The zero-order valence-corrected chi connectivity index (χ0v) is 17.4. The zero-order chi connectivity index (χ0) is 22.8. The molecule has 31 heavy (non-hydrogen) atoms. The third-order valence-electron chi connectivity index (χ3n) is 4.22. The Balaban J connectivity index is 1.71. The maximum Gasteiger partial charge on any atom is 0.408 e. The van der Waals surface area contributed by atoms with E-state index in [4.69, 9.17) is 5.14 Å². The molecule has 13 heteroatoms. The number of alkyl halides is 3. The van der Waals surface area contributed by atoms with Gasteiger partial charge in [0.05, 0.1) is 16.3 Å². The second kappa shape index (κ2) is 8.51. The van der Waals surface area contributed by atoms with Crippen molar-refractivity contribution in [2.75, 3.05) is 10.6 Å². The number of rotatable bonds is 7. The van der Waals surface area contributed by atoms with Gasteiger partial charge >= 0.3 is 6.18 Å². The summed E-state index contributed by atoms with van der Waals surface area (Å²) in [6.07, 6.45) is -1.57. The van der Waals surface area contributed by atoms with Crippen LogP contribution in [-0.4, -0.2) is 34.3 Å². The smallest absolute Gasteiger partial charge is 0.366 e. The second-order valence-electron chi connectivity index (χ2n) is 6.83. The molecule has 166 valence electrons. The number of primary sulfonamides is 1. The van der Waals surface area contributed by atoms with Gasteiger partial charge in [0.15, 0.2) is 0 Å². The molecule has 0 aliphatic carbocycles. The number of benzene rings is 1. The van der Waals surface area contributed by atoms with Crippen LogP contribution < -0.4 is 15.8 Å². The Morgan fingerprint density at radius 3 is 2.45 bits per heavy atom. The minimum absolute atomic E-state index is 0.0161. The van der Waals surface area contributed by atoms with Crippen LogP contribution in [0.3, 0.4) is 0 Å². The van der Waals surface area contributed by atoms with Gasteiger partial charge in [-0.2, -0.15) is 23.3 Å². The Morgan fingerprint density at radius 1 is 1.16 bits per heavy atom. The molecule has 0 saturated carbocycles. The van der Waals surface area contributed by atoms with Gasteiger partial charge in [0, 0.05) is 24.5 Å². The summed E-state index contributed by atoms with van der Waals surface area (Å²) < 4.78 is 61.1. The molecule has 0 unspecified atom stereocenters. The summed E-state index contributed by atoms with van der Waals surface area (Å²) in [7, 11) is -3.76. The summed E-state index contributed by atoms with van der Waals surface area (Å²) in [5.74, 6) is 0.695. The molecule has 0 aliphatic rings. The molecular formula is C18H20F3N7O2S. The van der Waals surface area contributed by atoms with E-state index in [0.29, 0.717) is 23.7 Å².